The number of nitrogens with zero attached hydrogens (tertiary/aromatic N) is 3. The number of nitrogens with one attached hydrogen (secondary N) is 2. The number of amides is 2. The fraction of sp³-hybridized carbons (Fsp3) is 0.500. The Labute approximate surface area is 203 Å². The number of halogens is 1. The molecule has 2 fully saturated rings. The van der Waals surface area contributed by atoms with Crippen molar-refractivity contribution in [1.82, 2.24) is 20.2 Å². The van der Waals surface area contributed by atoms with Crippen LogP contribution in [0, 0.1) is 5.92 Å². The lowest BCUT2D eigenvalue weighted by atomic mass is 9.95. The number of Topliss-reactive ketones (excluding diaryl/α,β-unsaturated/α-hetero) is 1. The van der Waals surface area contributed by atoms with Crippen molar-refractivity contribution in [3.05, 3.63) is 47.0 Å². The molecule has 1 aliphatic heterocycles. The molecule has 4 rings (SSSR count). The molecule has 2 amide bonds. The van der Waals surface area contributed by atoms with E-state index in [4.69, 9.17) is 11.6 Å². The van der Waals surface area contributed by atoms with E-state index in [9.17, 15) is 19.5 Å². The van der Waals surface area contributed by atoms with Gasteiger partial charge in [0.05, 0.1) is 10.6 Å². The Hall–Kier alpha value is -2.91. The summed E-state index contributed by atoms with van der Waals surface area (Å²) in [5.41, 5.74) is 0.237. The highest BCUT2D eigenvalue weighted by molar-refractivity contribution is 6.35. The minimum atomic E-state index is -1.13. The van der Waals surface area contributed by atoms with Gasteiger partial charge in [-0.2, -0.15) is 0 Å². The zero-order chi connectivity index (χ0) is 24.5. The summed E-state index contributed by atoms with van der Waals surface area (Å²) in [7, 11) is 1.74. The van der Waals surface area contributed by atoms with Crippen LogP contribution in [0.1, 0.15) is 53.6 Å². The normalized spacial score (nSPS) is 18.3. The van der Waals surface area contributed by atoms with Crippen LogP contribution in [-0.4, -0.2) is 63.5 Å². The van der Waals surface area contributed by atoms with Crippen LogP contribution >= 0.6 is 11.6 Å². The predicted molar refractivity (Wildman–Crippen MR) is 128 cm³/mol. The Balaban J connectivity index is 1.30. The first-order valence-electron chi connectivity index (χ1n) is 11.6. The van der Waals surface area contributed by atoms with E-state index in [1.165, 1.54) is 6.92 Å². The standard InChI is InChI=1S/C24H30ClN5O4/c1-15(31)20(32)19-17(25)4-3-5-18(19)30-11-6-16(7-12-30)14-27-23(34)24(8-9-24)28-22(33)21-26-10-13-29(21)2/h3-5,10,13,15-16,31H,6-9,11-12,14H2,1-2H3,(H,27,34)(H,28,33). The number of piperidine rings is 1. The SMILES string of the molecule is CC(O)C(=O)c1c(Cl)cccc1N1CCC(CNC(=O)C2(NC(=O)c3nccn3C)CC2)CC1. The first-order chi connectivity index (χ1) is 16.2. The van der Waals surface area contributed by atoms with Crippen LogP contribution in [0.15, 0.2) is 30.6 Å². The Morgan fingerprint density at radius 2 is 1.97 bits per heavy atom. The van der Waals surface area contributed by atoms with Crippen molar-refractivity contribution in [2.24, 2.45) is 13.0 Å². The molecule has 1 unspecified atom stereocenters. The molecule has 34 heavy (non-hydrogen) atoms. The summed E-state index contributed by atoms with van der Waals surface area (Å²) in [4.78, 5) is 43.9. The van der Waals surface area contributed by atoms with E-state index >= 15 is 0 Å². The molecule has 2 aromatic rings. The minimum Gasteiger partial charge on any atom is -0.385 e. The number of aromatic nitrogens is 2. The summed E-state index contributed by atoms with van der Waals surface area (Å²) >= 11 is 6.29. The van der Waals surface area contributed by atoms with Crippen LogP contribution in [0.2, 0.25) is 5.02 Å². The smallest absolute Gasteiger partial charge is 0.288 e. The molecule has 0 radical (unpaired) electrons. The maximum Gasteiger partial charge on any atom is 0.288 e. The molecule has 1 atom stereocenters. The maximum absolute atomic E-state index is 12.8. The van der Waals surface area contributed by atoms with Gasteiger partial charge in [0.25, 0.3) is 5.91 Å². The third-order valence-electron chi connectivity index (χ3n) is 6.69. The fourth-order valence-electron chi connectivity index (χ4n) is 4.40. The Kier molecular flexibility index (Phi) is 6.95. The lowest BCUT2D eigenvalue weighted by molar-refractivity contribution is -0.124. The fourth-order valence-corrected chi connectivity index (χ4v) is 4.67. The van der Waals surface area contributed by atoms with Gasteiger partial charge in [0.1, 0.15) is 11.6 Å². The van der Waals surface area contributed by atoms with Gasteiger partial charge >= 0.3 is 0 Å². The van der Waals surface area contributed by atoms with Crippen LogP contribution in [0.5, 0.6) is 0 Å². The predicted octanol–water partition coefficient (Wildman–Crippen LogP) is 1.93. The zero-order valence-electron chi connectivity index (χ0n) is 19.4. The molecule has 1 aromatic carbocycles. The molecular weight excluding hydrogens is 458 g/mol. The molecule has 0 bridgehead atoms. The van der Waals surface area contributed by atoms with E-state index in [1.807, 2.05) is 6.07 Å². The second kappa shape index (κ2) is 9.76. The highest BCUT2D eigenvalue weighted by Crippen LogP contribution is 2.36. The van der Waals surface area contributed by atoms with Crippen LogP contribution in [-0.2, 0) is 11.8 Å². The Bertz CT molecular complexity index is 1090. The van der Waals surface area contributed by atoms with Crippen molar-refractivity contribution >= 4 is 34.9 Å². The first kappa shape index (κ1) is 24.2. The molecule has 182 valence electrons. The van der Waals surface area contributed by atoms with Crippen molar-refractivity contribution in [3.63, 3.8) is 0 Å². The molecule has 10 heteroatoms. The average molecular weight is 488 g/mol. The van der Waals surface area contributed by atoms with Crippen LogP contribution in [0.4, 0.5) is 5.69 Å². The van der Waals surface area contributed by atoms with Gasteiger partial charge in [0.2, 0.25) is 5.91 Å². The van der Waals surface area contributed by atoms with Gasteiger partial charge in [-0.25, -0.2) is 4.98 Å². The maximum atomic E-state index is 12.8. The first-order valence-corrected chi connectivity index (χ1v) is 11.9. The van der Waals surface area contributed by atoms with Gasteiger partial charge in [-0.3, -0.25) is 14.4 Å². The summed E-state index contributed by atoms with van der Waals surface area (Å²) in [5.74, 6) is -0.329. The Morgan fingerprint density at radius 3 is 2.56 bits per heavy atom. The number of hydrogen-bond acceptors (Lipinski definition) is 6. The summed E-state index contributed by atoms with van der Waals surface area (Å²) in [6, 6.07) is 5.31. The quantitative estimate of drug-likeness (QED) is 0.490. The molecule has 1 aromatic heterocycles. The molecule has 1 saturated carbocycles. The molecular formula is C24H30ClN5O4. The van der Waals surface area contributed by atoms with E-state index in [1.54, 1.807) is 36.1 Å². The van der Waals surface area contributed by atoms with Crippen LogP contribution < -0.4 is 15.5 Å². The van der Waals surface area contributed by atoms with E-state index in [0.29, 0.717) is 43.1 Å². The summed E-state index contributed by atoms with van der Waals surface area (Å²) < 4.78 is 1.62. The third-order valence-corrected chi connectivity index (χ3v) is 7.00. The van der Waals surface area contributed by atoms with E-state index in [0.717, 1.165) is 18.5 Å². The largest absolute Gasteiger partial charge is 0.385 e. The minimum absolute atomic E-state index is 0.155. The summed E-state index contributed by atoms with van der Waals surface area (Å²) in [6.07, 6.45) is 5.01. The van der Waals surface area contributed by atoms with Gasteiger partial charge in [0, 0.05) is 44.8 Å². The number of aliphatic hydroxyl groups is 1. The van der Waals surface area contributed by atoms with E-state index in [2.05, 4.69) is 20.5 Å². The number of carbonyl (C=O) groups is 3. The number of aryl methyl sites for hydroxylation is 1. The van der Waals surface area contributed by atoms with Crippen LogP contribution in [0.25, 0.3) is 0 Å². The molecule has 2 heterocycles. The number of rotatable bonds is 8. The molecule has 1 saturated heterocycles. The lowest BCUT2D eigenvalue weighted by Gasteiger charge is -2.35. The topological polar surface area (TPSA) is 117 Å². The van der Waals surface area contributed by atoms with Crippen molar-refractivity contribution in [1.29, 1.82) is 0 Å². The molecule has 3 N–H and O–H groups in total. The average Bonchev–Trinajstić information content (AvgIpc) is 3.47. The summed E-state index contributed by atoms with van der Waals surface area (Å²) in [5, 5.41) is 16.0. The van der Waals surface area contributed by atoms with Gasteiger partial charge in [-0.1, -0.05) is 17.7 Å². The number of carbonyl (C=O) groups excluding carboxylic acids is 3. The highest BCUT2D eigenvalue weighted by Gasteiger charge is 2.51. The van der Waals surface area contributed by atoms with Crippen molar-refractivity contribution in [2.75, 3.05) is 24.5 Å². The number of anilines is 1. The Morgan fingerprint density at radius 1 is 1.26 bits per heavy atom. The number of benzene rings is 1. The van der Waals surface area contributed by atoms with Crippen molar-refractivity contribution in [3.8, 4) is 0 Å². The van der Waals surface area contributed by atoms with E-state index in [-0.39, 0.29) is 23.6 Å². The molecule has 9 nitrogen and oxygen atoms in total. The van der Waals surface area contributed by atoms with Gasteiger partial charge in [-0.15, -0.1) is 0 Å². The second-order valence-corrected chi connectivity index (χ2v) is 9.62. The molecule has 2 aliphatic rings. The third kappa shape index (κ3) is 4.95. The second-order valence-electron chi connectivity index (χ2n) is 9.21. The highest BCUT2D eigenvalue weighted by atomic mass is 35.5. The lowest BCUT2D eigenvalue weighted by Crippen LogP contribution is -2.51. The summed E-state index contributed by atoms with van der Waals surface area (Å²) in [6.45, 7) is 3.39. The van der Waals surface area contributed by atoms with Crippen molar-refractivity contribution < 1.29 is 19.5 Å². The number of hydrogen-bond donors (Lipinski definition) is 3. The number of imidazole rings is 1. The zero-order valence-corrected chi connectivity index (χ0v) is 20.1. The van der Waals surface area contributed by atoms with Gasteiger partial charge in [0.15, 0.2) is 11.6 Å². The van der Waals surface area contributed by atoms with Crippen LogP contribution in [0.3, 0.4) is 0 Å². The van der Waals surface area contributed by atoms with Gasteiger partial charge < -0.3 is 25.2 Å². The molecule has 0 spiro atoms. The number of aliphatic hydroxyl groups excluding tert-OH is 1. The molecule has 1 aliphatic carbocycles. The van der Waals surface area contributed by atoms with Crippen molar-refractivity contribution in [2.45, 2.75) is 44.2 Å². The monoisotopic (exact) mass is 487 g/mol. The van der Waals surface area contributed by atoms with E-state index < -0.39 is 17.4 Å². The van der Waals surface area contributed by atoms with Gasteiger partial charge in [-0.05, 0) is 50.7 Å². The number of ketones is 1.